The molecule has 2 fully saturated rings. The fraction of sp³-hybridized carbons (Fsp3) is 0.583. The number of terminal acetylenes is 1. The number of ether oxygens (including phenoxy) is 4. The lowest BCUT2D eigenvalue weighted by Gasteiger charge is -2.35. The highest BCUT2D eigenvalue weighted by Gasteiger charge is 2.50. The molecule has 2 saturated heterocycles. The highest BCUT2D eigenvalue weighted by Crippen LogP contribution is 2.30. The number of benzene rings is 2. The lowest BCUT2D eigenvalue weighted by atomic mass is 9.93. The number of esters is 1. The molecule has 5 atom stereocenters. The minimum atomic E-state index is -1.46. The summed E-state index contributed by atoms with van der Waals surface area (Å²) in [5.74, 6) is -1.01. The van der Waals surface area contributed by atoms with Crippen LogP contribution in [0.25, 0.3) is 0 Å². The summed E-state index contributed by atoms with van der Waals surface area (Å²) in [6.07, 6.45) is 6.51. The van der Waals surface area contributed by atoms with Gasteiger partial charge in [0, 0.05) is 19.5 Å². The maximum atomic E-state index is 14.8. The minimum Gasteiger partial charge on any atom is -0.442 e. The smallest absolute Gasteiger partial charge is 0.339 e. The Morgan fingerprint density at radius 1 is 0.825 bits per heavy atom. The number of hydrogen-bond acceptors (Lipinski definition) is 11. The maximum Gasteiger partial charge on any atom is 0.339 e. The molecule has 4 amide bonds. The molecule has 2 aromatic carbocycles. The second-order valence-electron chi connectivity index (χ2n) is 17.9. The van der Waals surface area contributed by atoms with Crippen molar-refractivity contribution in [3.8, 4) is 12.3 Å². The van der Waals surface area contributed by atoms with Gasteiger partial charge in [-0.3, -0.25) is 33.8 Å². The van der Waals surface area contributed by atoms with Gasteiger partial charge < -0.3 is 34.9 Å². The van der Waals surface area contributed by atoms with Gasteiger partial charge in [0.25, 0.3) is 0 Å². The van der Waals surface area contributed by atoms with E-state index in [4.69, 9.17) is 25.4 Å². The van der Waals surface area contributed by atoms with Gasteiger partial charge >= 0.3 is 5.97 Å². The number of rotatable bonds is 25. The Balaban J connectivity index is 1.65. The quantitative estimate of drug-likeness (QED) is 0.0576. The second-order valence-corrected chi connectivity index (χ2v) is 17.9. The predicted octanol–water partition coefficient (Wildman–Crippen LogP) is 3.23. The molecule has 63 heavy (non-hydrogen) atoms. The van der Waals surface area contributed by atoms with E-state index in [2.05, 4.69) is 21.9 Å². The first-order chi connectivity index (χ1) is 29.9. The van der Waals surface area contributed by atoms with Crippen molar-refractivity contribution in [1.82, 2.24) is 25.8 Å². The molecule has 344 valence electrons. The summed E-state index contributed by atoms with van der Waals surface area (Å²) in [7, 11) is 0. The first-order valence-electron chi connectivity index (χ1n) is 21.9. The third-order valence-electron chi connectivity index (χ3n) is 11.0. The molecule has 15 nitrogen and oxygen atoms in total. The number of ketones is 1. The van der Waals surface area contributed by atoms with Crippen molar-refractivity contribution >= 4 is 35.4 Å². The van der Waals surface area contributed by atoms with Crippen LogP contribution in [0.4, 0.5) is 0 Å². The number of carbonyl (C=O) groups is 6. The summed E-state index contributed by atoms with van der Waals surface area (Å²) in [5, 5.41) is 8.73. The molecule has 2 aromatic rings. The third kappa shape index (κ3) is 16.2. The number of nitrogens with one attached hydrogen (secondary N) is 3. The van der Waals surface area contributed by atoms with Crippen LogP contribution in [-0.2, 0) is 60.6 Å². The standard InChI is InChI=1S/C48H67N5O10/c1-9-24-62-47(6,7)46(59)61-32-53(41(54)30-52-22-25-60-26-23-52)40(21-20-35-16-12-10-13-17-35)45(58)51-38(28-34(4)5)43(56)50-39(29-36-18-14-11-15-19-36)44(57)49-37(27-33(2)3)42(55)48(8)31-63-48/h1,10-19,33-34,37-40H,20-32H2,2-8H3,(H,49,57)(H,50,56)(H,51,58)/t37?,38-,39-,40-,48+/m0/s1. The lowest BCUT2D eigenvalue weighted by Crippen LogP contribution is -2.60. The minimum absolute atomic E-state index is 0.0707. The summed E-state index contributed by atoms with van der Waals surface area (Å²) in [6, 6.07) is 14.3. The van der Waals surface area contributed by atoms with E-state index in [1.807, 2.05) is 93.3 Å². The van der Waals surface area contributed by atoms with Crippen LogP contribution in [0.5, 0.6) is 0 Å². The average Bonchev–Trinajstić information content (AvgIpc) is 4.01. The van der Waals surface area contributed by atoms with Crippen LogP contribution in [-0.4, -0.2) is 133 Å². The van der Waals surface area contributed by atoms with E-state index < -0.39 is 71.7 Å². The number of hydrogen-bond donors (Lipinski definition) is 3. The fourth-order valence-corrected chi connectivity index (χ4v) is 7.23. The van der Waals surface area contributed by atoms with Crippen molar-refractivity contribution < 1.29 is 47.7 Å². The Kier molecular flexibility index (Phi) is 19.3. The van der Waals surface area contributed by atoms with E-state index in [-0.39, 0.29) is 56.6 Å². The average molecular weight is 874 g/mol. The van der Waals surface area contributed by atoms with Crippen LogP contribution in [0.15, 0.2) is 60.7 Å². The van der Waals surface area contributed by atoms with Gasteiger partial charge in [-0.25, -0.2) is 4.79 Å². The van der Waals surface area contributed by atoms with Crippen molar-refractivity contribution in [2.24, 2.45) is 11.8 Å². The number of morpholine rings is 1. The molecule has 0 radical (unpaired) electrons. The number of carbonyl (C=O) groups excluding carboxylic acids is 6. The van der Waals surface area contributed by atoms with E-state index in [0.717, 1.165) is 11.1 Å². The third-order valence-corrected chi connectivity index (χ3v) is 11.0. The van der Waals surface area contributed by atoms with E-state index in [1.165, 1.54) is 18.7 Å². The molecule has 4 rings (SSSR count). The monoisotopic (exact) mass is 873 g/mol. The highest BCUT2D eigenvalue weighted by atomic mass is 16.6. The molecule has 0 aromatic heterocycles. The number of amides is 4. The van der Waals surface area contributed by atoms with Crippen molar-refractivity contribution in [3.05, 3.63) is 71.8 Å². The number of epoxide rings is 1. The normalized spacial score (nSPS) is 18.3. The maximum absolute atomic E-state index is 14.8. The number of Topliss-reactive ketones (excluding diaryl/α,β-unsaturated/α-hetero) is 1. The van der Waals surface area contributed by atoms with E-state index >= 15 is 0 Å². The molecular weight excluding hydrogens is 807 g/mol. The van der Waals surface area contributed by atoms with Gasteiger partial charge in [0.05, 0.1) is 32.4 Å². The Morgan fingerprint density at radius 3 is 1.94 bits per heavy atom. The highest BCUT2D eigenvalue weighted by molar-refractivity contribution is 5.99. The summed E-state index contributed by atoms with van der Waals surface area (Å²) < 4.78 is 22.2. The van der Waals surface area contributed by atoms with Crippen LogP contribution >= 0.6 is 0 Å². The first kappa shape index (κ1) is 50.5. The molecule has 0 saturated carbocycles. The van der Waals surface area contributed by atoms with Gasteiger partial charge in [-0.05, 0) is 69.4 Å². The van der Waals surface area contributed by atoms with Gasteiger partial charge in [-0.2, -0.15) is 0 Å². The number of aryl methyl sites for hydroxylation is 1. The van der Waals surface area contributed by atoms with E-state index in [1.54, 1.807) is 6.92 Å². The number of nitrogens with zero attached hydrogens (tertiary/aromatic N) is 2. The largest absolute Gasteiger partial charge is 0.442 e. The summed E-state index contributed by atoms with van der Waals surface area (Å²) in [6.45, 7) is 13.7. The molecular formula is C48H67N5O10. The summed E-state index contributed by atoms with van der Waals surface area (Å²) >= 11 is 0. The topological polar surface area (TPSA) is 185 Å². The Labute approximate surface area is 372 Å². The van der Waals surface area contributed by atoms with Gasteiger partial charge in [-0.1, -0.05) is 94.3 Å². The molecule has 0 aliphatic carbocycles. The van der Waals surface area contributed by atoms with Crippen LogP contribution < -0.4 is 16.0 Å². The van der Waals surface area contributed by atoms with Crippen molar-refractivity contribution in [2.45, 2.75) is 116 Å². The van der Waals surface area contributed by atoms with Crippen molar-refractivity contribution in [3.63, 3.8) is 0 Å². The fourth-order valence-electron chi connectivity index (χ4n) is 7.23. The molecule has 3 N–H and O–H groups in total. The van der Waals surface area contributed by atoms with Crippen LogP contribution in [0.1, 0.15) is 78.9 Å². The van der Waals surface area contributed by atoms with Crippen molar-refractivity contribution in [2.75, 3.05) is 52.8 Å². The van der Waals surface area contributed by atoms with Gasteiger partial charge in [0.15, 0.2) is 18.1 Å². The molecule has 2 aliphatic rings. The SMILES string of the molecule is C#CCOC(C)(C)C(=O)OCN(C(=O)CN1CCOCC1)[C@@H](CCc1ccccc1)C(=O)N[C@@H](CC(C)C)C(=O)N[C@@H](Cc1ccccc1)C(=O)NC(CC(C)C)C(=O)[C@@]1(C)CO1. The Hall–Kier alpha value is -5.14. The summed E-state index contributed by atoms with van der Waals surface area (Å²) in [5.41, 5.74) is -0.762. The Bertz CT molecular complexity index is 1870. The molecule has 0 bridgehead atoms. The molecule has 0 spiro atoms. The van der Waals surface area contributed by atoms with Gasteiger partial charge in [0.1, 0.15) is 30.3 Å². The van der Waals surface area contributed by atoms with Crippen LogP contribution in [0.2, 0.25) is 0 Å². The summed E-state index contributed by atoms with van der Waals surface area (Å²) in [4.78, 5) is 87.7. The Morgan fingerprint density at radius 2 is 1.37 bits per heavy atom. The van der Waals surface area contributed by atoms with E-state index in [0.29, 0.717) is 39.1 Å². The zero-order chi connectivity index (χ0) is 46.2. The van der Waals surface area contributed by atoms with Crippen LogP contribution in [0, 0.1) is 24.2 Å². The zero-order valence-corrected chi connectivity index (χ0v) is 38.0. The second kappa shape index (κ2) is 24.1. The lowest BCUT2D eigenvalue weighted by molar-refractivity contribution is -0.175. The molecule has 2 heterocycles. The van der Waals surface area contributed by atoms with Gasteiger partial charge in [-0.15, -0.1) is 6.42 Å². The van der Waals surface area contributed by atoms with Gasteiger partial charge in [0.2, 0.25) is 23.6 Å². The first-order valence-corrected chi connectivity index (χ1v) is 21.9. The molecule has 2 aliphatic heterocycles. The zero-order valence-electron chi connectivity index (χ0n) is 38.0. The predicted molar refractivity (Wildman–Crippen MR) is 237 cm³/mol. The molecule has 15 heteroatoms. The molecule has 1 unspecified atom stereocenters. The van der Waals surface area contributed by atoms with Crippen LogP contribution in [0.3, 0.4) is 0 Å². The van der Waals surface area contributed by atoms with Crippen molar-refractivity contribution in [1.29, 1.82) is 0 Å². The van der Waals surface area contributed by atoms with E-state index in [9.17, 15) is 28.8 Å².